The van der Waals surface area contributed by atoms with Crippen molar-refractivity contribution in [2.24, 2.45) is 0 Å². The summed E-state index contributed by atoms with van der Waals surface area (Å²) >= 11 is 1.43. The molecule has 0 atom stereocenters. The number of nitrogens with zero attached hydrogens (tertiary/aromatic N) is 3. The molecule has 168 valence electrons. The Hall–Kier alpha value is -3.91. The van der Waals surface area contributed by atoms with E-state index in [0.717, 1.165) is 21.5 Å². The zero-order chi connectivity index (χ0) is 23.2. The molecule has 0 radical (unpaired) electrons. The van der Waals surface area contributed by atoms with Gasteiger partial charge in [-0.05, 0) is 48.0 Å². The first-order valence-corrected chi connectivity index (χ1v) is 11.0. The number of benzene rings is 2. The number of anilines is 1. The highest BCUT2D eigenvalue weighted by Crippen LogP contribution is 2.35. The summed E-state index contributed by atoms with van der Waals surface area (Å²) in [6.45, 7) is 0.290. The highest BCUT2D eigenvalue weighted by molar-refractivity contribution is 7.22. The van der Waals surface area contributed by atoms with Gasteiger partial charge in [-0.25, -0.2) is 4.98 Å². The molecule has 0 saturated heterocycles. The largest absolute Gasteiger partial charge is 0.494 e. The van der Waals surface area contributed by atoms with Crippen LogP contribution in [0.1, 0.15) is 11.3 Å². The fourth-order valence-electron chi connectivity index (χ4n) is 3.30. The van der Waals surface area contributed by atoms with E-state index in [2.05, 4.69) is 4.98 Å². The van der Waals surface area contributed by atoms with Crippen molar-refractivity contribution >= 4 is 38.7 Å². The van der Waals surface area contributed by atoms with Gasteiger partial charge in [0.25, 0.3) is 5.91 Å². The molecule has 7 nitrogen and oxygen atoms in total. The zero-order valence-corrected chi connectivity index (χ0v) is 19.3. The van der Waals surface area contributed by atoms with E-state index in [1.54, 1.807) is 44.6 Å². The average molecular weight is 462 g/mol. The monoisotopic (exact) mass is 461 g/mol. The second-order valence-electron chi connectivity index (χ2n) is 7.00. The summed E-state index contributed by atoms with van der Waals surface area (Å²) in [7, 11) is 4.77. The highest BCUT2D eigenvalue weighted by atomic mass is 32.1. The summed E-state index contributed by atoms with van der Waals surface area (Å²) in [6, 6.07) is 16.8. The van der Waals surface area contributed by atoms with Crippen molar-refractivity contribution in [2.75, 3.05) is 26.2 Å². The highest BCUT2D eigenvalue weighted by Gasteiger charge is 2.20. The van der Waals surface area contributed by atoms with Crippen molar-refractivity contribution in [3.8, 4) is 17.2 Å². The molecule has 0 spiro atoms. The molecule has 2 heterocycles. The molecule has 33 heavy (non-hydrogen) atoms. The molecular weight excluding hydrogens is 438 g/mol. The molecule has 4 aromatic rings. The number of aromatic nitrogens is 2. The number of pyridine rings is 1. The Bertz CT molecular complexity index is 1290. The number of carbonyl (C=O) groups excluding carboxylic acids is 1. The van der Waals surface area contributed by atoms with Crippen molar-refractivity contribution < 1.29 is 19.0 Å². The third kappa shape index (κ3) is 4.96. The fourth-order valence-corrected chi connectivity index (χ4v) is 4.29. The molecule has 0 aliphatic rings. The zero-order valence-electron chi connectivity index (χ0n) is 18.5. The van der Waals surface area contributed by atoms with Crippen LogP contribution in [0.3, 0.4) is 0 Å². The maximum Gasteiger partial charge on any atom is 0.253 e. The molecule has 0 fully saturated rings. The summed E-state index contributed by atoms with van der Waals surface area (Å²) in [5.74, 6) is 1.67. The van der Waals surface area contributed by atoms with E-state index < -0.39 is 0 Å². The van der Waals surface area contributed by atoms with Crippen LogP contribution < -0.4 is 19.1 Å². The van der Waals surface area contributed by atoms with Crippen molar-refractivity contribution in [2.45, 2.75) is 6.54 Å². The average Bonchev–Trinajstić information content (AvgIpc) is 3.30. The van der Waals surface area contributed by atoms with E-state index in [-0.39, 0.29) is 12.5 Å². The van der Waals surface area contributed by atoms with Crippen LogP contribution in [0.4, 0.5) is 5.13 Å². The summed E-state index contributed by atoms with van der Waals surface area (Å²) in [5.41, 5.74) is 2.30. The second kappa shape index (κ2) is 10.1. The number of hydrogen-bond donors (Lipinski definition) is 0. The molecule has 0 saturated carbocycles. The molecule has 0 N–H and O–H groups in total. The third-order valence-electron chi connectivity index (χ3n) is 4.96. The van der Waals surface area contributed by atoms with Gasteiger partial charge < -0.3 is 14.2 Å². The summed E-state index contributed by atoms with van der Waals surface area (Å²) in [6.07, 6.45) is 4.97. The van der Waals surface area contributed by atoms with Crippen LogP contribution in [0.25, 0.3) is 16.3 Å². The van der Waals surface area contributed by atoms with Gasteiger partial charge in [0, 0.05) is 12.3 Å². The van der Waals surface area contributed by atoms with Crippen LogP contribution in [0.5, 0.6) is 17.2 Å². The van der Waals surface area contributed by atoms with Crippen molar-refractivity contribution in [1.82, 2.24) is 9.97 Å². The van der Waals surface area contributed by atoms with E-state index in [0.29, 0.717) is 22.4 Å². The maximum atomic E-state index is 13.3. The molecule has 2 aromatic heterocycles. The van der Waals surface area contributed by atoms with Crippen LogP contribution in [0.2, 0.25) is 0 Å². The van der Waals surface area contributed by atoms with Crippen LogP contribution in [0, 0.1) is 0 Å². The number of ether oxygens (including phenoxy) is 3. The van der Waals surface area contributed by atoms with Crippen LogP contribution in [0.15, 0.2) is 66.9 Å². The predicted octanol–water partition coefficient (Wildman–Crippen LogP) is 4.96. The van der Waals surface area contributed by atoms with E-state index in [1.165, 1.54) is 17.4 Å². The Morgan fingerprint density at radius 1 is 0.970 bits per heavy atom. The minimum Gasteiger partial charge on any atom is -0.494 e. The number of para-hydroxylation sites is 1. The summed E-state index contributed by atoms with van der Waals surface area (Å²) in [5, 5.41) is 0.571. The Morgan fingerprint density at radius 2 is 1.79 bits per heavy atom. The first-order chi connectivity index (χ1) is 16.1. The first-order valence-electron chi connectivity index (χ1n) is 10.2. The fraction of sp³-hybridized carbons (Fsp3) is 0.160. The van der Waals surface area contributed by atoms with Gasteiger partial charge in [0.15, 0.2) is 16.6 Å². The molecule has 0 unspecified atom stereocenters. The molecular formula is C25H23N3O4S. The summed E-state index contributed by atoms with van der Waals surface area (Å²) in [4.78, 5) is 24.0. The Kier molecular flexibility index (Phi) is 6.85. The molecule has 0 aliphatic heterocycles. The van der Waals surface area contributed by atoms with E-state index in [1.807, 2.05) is 48.5 Å². The minimum absolute atomic E-state index is 0.214. The number of hydrogen-bond acceptors (Lipinski definition) is 7. The van der Waals surface area contributed by atoms with Gasteiger partial charge in [0.2, 0.25) is 0 Å². The minimum atomic E-state index is -0.214. The topological polar surface area (TPSA) is 73.8 Å². The molecule has 0 bridgehead atoms. The van der Waals surface area contributed by atoms with E-state index in [4.69, 9.17) is 19.2 Å². The van der Waals surface area contributed by atoms with E-state index >= 15 is 0 Å². The van der Waals surface area contributed by atoms with Gasteiger partial charge in [0.05, 0.1) is 38.3 Å². The van der Waals surface area contributed by atoms with Gasteiger partial charge in [-0.15, -0.1) is 0 Å². The number of amides is 1. The number of thiazole rings is 1. The molecule has 2 aromatic carbocycles. The van der Waals surface area contributed by atoms with E-state index in [9.17, 15) is 4.79 Å². The SMILES string of the molecule is COc1ccc(/C=C/C(=O)N(Cc2ccccn2)c2nc3c(OC)cccc3s2)cc1OC. The van der Waals surface area contributed by atoms with Crippen LogP contribution in [-0.4, -0.2) is 37.2 Å². The molecule has 0 aliphatic carbocycles. The second-order valence-corrected chi connectivity index (χ2v) is 8.01. The quantitative estimate of drug-likeness (QED) is 0.345. The van der Waals surface area contributed by atoms with Gasteiger partial charge in [-0.3, -0.25) is 14.7 Å². The van der Waals surface area contributed by atoms with Crippen molar-refractivity contribution in [3.05, 3.63) is 78.1 Å². The molecule has 4 rings (SSSR count). The number of rotatable bonds is 8. The molecule has 1 amide bonds. The third-order valence-corrected chi connectivity index (χ3v) is 6.00. The van der Waals surface area contributed by atoms with Gasteiger partial charge in [0.1, 0.15) is 11.3 Å². The smallest absolute Gasteiger partial charge is 0.253 e. The Balaban J connectivity index is 1.67. The normalized spacial score (nSPS) is 11.0. The van der Waals surface area contributed by atoms with Gasteiger partial charge >= 0.3 is 0 Å². The number of methoxy groups -OCH3 is 3. The number of carbonyl (C=O) groups is 1. The van der Waals surface area contributed by atoms with Crippen LogP contribution in [-0.2, 0) is 11.3 Å². The lowest BCUT2D eigenvalue weighted by molar-refractivity contribution is -0.114. The van der Waals surface area contributed by atoms with Crippen molar-refractivity contribution in [3.63, 3.8) is 0 Å². The molecule has 8 heteroatoms. The maximum absolute atomic E-state index is 13.3. The van der Waals surface area contributed by atoms with Gasteiger partial charge in [-0.2, -0.15) is 0 Å². The predicted molar refractivity (Wildman–Crippen MR) is 130 cm³/mol. The summed E-state index contributed by atoms with van der Waals surface area (Å²) < 4.78 is 17.0. The van der Waals surface area contributed by atoms with Crippen LogP contribution >= 0.6 is 11.3 Å². The Labute approximate surface area is 195 Å². The Morgan fingerprint density at radius 3 is 2.52 bits per heavy atom. The van der Waals surface area contributed by atoms with Gasteiger partial charge in [-0.1, -0.05) is 29.5 Å². The first kappa shape index (κ1) is 22.3. The lowest BCUT2D eigenvalue weighted by Gasteiger charge is -2.17. The number of fused-ring (bicyclic) bond motifs is 1. The standard InChI is InChI=1S/C25H23N3O4S/c1-30-19-12-10-17(15-21(19)32-3)11-13-23(29)28(16-18-7-4-5-14-26-18)25-27-24-20(31-2)8-6-9-22(24)33-25/h4-15H,16H2,1-3H3/b13-11+. The lowest BCUT2D eigenvalue weighted by atomic mass is 10.2. The van der Waals surface area contributed by atoms with Crippen molar-refractivity contribution in [1.29, 1.82) is 0 Å². The lowest BCUT2D eigenvalue weighted by Crippen LogP contribution is -2.29.